The van der Waals surface area contributed by atoms with E-state index in [9.17, 15) is 5.11 Å². The minimum absolute atomic E-state index is 0.0630. The van der Waals surface area contributed by atoms with E-state index in [1.165, 1.54) is 0 Å². The van der Waals surface area contributed by atoms with Crippen LogP contribution in [-0.2, 0) is 5.60 Å². The molecule has 0 radical (unpaired) electrons. The molecule has 3 heteroatoms. The molecule has 0 spiro atoms. The third-order valence-electron chi connectivity index (χ3n) is 3.29. The van der Waals surface area contributed by atoms with E-state index in [-0.39, 0.29) is 5.41 Å². The molecule has 2 rings (SSSR count). The Morgan fingerprint density at radius 2 is 2.23 bits per heavy atom. The van der Waals surface area contributed by atoms with Gasteiger partial charge in [0, 0.05) is 10.8 Å². The highest BCUT2D eigenvalue weighted by Crippen LogP contribution is 2.57. The zero-order valence-corrected chi connectivity index (χ0v) is 9.11. The molecule has 1 aromatic rings. The molecule has 72 valence electrons. The Kier molecular flexibility index (Phi) is 1.79. The van der Waals surface area contributed by atoms with Gasteiger partial charge in [0.1, 0.15) is 5.60 Å². The summed E-state index contributed by atoms with van der Waals surface area (Å²) in [4.78, 5) is 4.36. The first kappa shape index (κ1) is 9.16. The van der Waals surface area contributed by atoms with Gasteiger partial charge in [-0.2, -0.15) is 0 Å². The fourth-order valence-electron chi connectivity index (χ4n) is 1.57. The summed E-state index contributed by atoms with van der Waals surface area (Å²) in [6.07, 6.45) is 2.22. The first-order valence-corrected chi connectivity index (χ1v) is 5.49. The quantitative estimate of drug-likeness (QED) is 0.790. The summed E-state index contributed by atoms with van der Waals surface area (Å²) in [5, 5.41) is 13.3. The molecule has 1 heterocycles. The zero-order chi connectivity index (χ0) is 9.69. The number of aryl methyl sites for hydroxylation is 1. The molecule has 1 aliphatic rings. The van der Waals surface area contributed by atoms with E-state index in [1.54, 1.807) is 11.3 Å². The summed E-state index contributed by atoms with van der Waals surface area (Å²) in [7, 11) is 0. The van der Waals surface area contributed by atoms with Crippen LogP contribution in [0, 0.1) is 12.3 Å². The molecule has 1 aromatic heterocycles. The van der Waals surface area contributed by atoms with Crippen LogP contribution in [0.2, 0.25) is 0 Å². The lowest BCUT2D eigenvalue weighted by molar-refractivity contribution is -0.0162. The Morgan fingerprint density at radius 3 is 2.62 bits per heavy atom. The molecule has 0 saturated heterocycles. The summed E-state index contributed by atoms with van der Waals surface area (Å²) in [5.41, 5.74) is 0.167. The second kappa shape index (κ2) is 2.55. The van der Waals surface area contributed by atoms with E-state index in [0.29, 0.717) is 0 Å². The molecule has 0 bridgehead atoms. The van der Waals surface area contributed by atoms with Gasteiger partial charge >= 0.3 is 0 Å². The van der Waals surface area contributed by atoms with Crippen molar-refractivity contribution >= 4 is 11.3 Å². The van der Waals surface area contributed by atoms with Gasteiger partial charge in [0.05, 0.1) is 10.7 Å². The lowest BCUT2D eigenvalue weighted by Crippen LogP contribution is -2.31. The average Bonchev–Trinajstić information content (AvgIpc) is 2.63. The number of nitrogens with zero attached hydrogens (tertiary/aromatic N) is 1. The molecule has 1 atom stereocenters. The molecule has 2 nitrogen and oxygen atoms in total. The van der Waals surface area contributed by atoms with E-state index >= 15 is 0 Å². The van der Waals surface area contributed by atoms with Crippen LogP contribution in [0.25, 0.3) is 0 Å². The van der Waals surface area contributed by atoms with Crippen molar-refractivity contribution < 1.29 is 5.11 Å². The van der Waals surface area contributed by atoms with Gasteiger partial charge in [0.25, 0.3) is 0 Å². The first-order chi connectivity index (χ1) is 5.96. The molecule has 1 saturated carbocycles. The maximum Gasteiger partial charge on any atom is 0.110 e. The SMILES string of the molecule is Cc1nc(C(C)(O)C2(C)CC2)cs1. The predicted octanol–water partition coefficient (Wildman–Crippen LogP) is 2.46. The lowest BCUT2D eigenvalue weighted by Gasteiger charge is -2.28. The van der Waals surface area contributed by atoms with Gasteiger partial charge < -0.3 is 5.11 Å². The van der Waals surface area contributed by atoms with Crippen molar-refractivity contribution in [3.05, 3.63) is 16.1 Å². The van der Waals surface area contributed by atoms with Crippen LogP contribution in [0.3, 0.4) is 0 Å². The van der Waals surface area contributed by atoms with Gasteiger partial charge in [0.2, 0.25) is 0 Å². The van der Waals surface area contributed by atoms with E-state index in [4.69, 9.17) is 0 Å². The number of aliphatic hydroxyl groups is 1. The minimum atomic E-state index is -0.738. The molecular weight excluding hydrogens is 182 g/mol. The highest BCUT2D eigenvalue weighted by molar-refractivity contribution is 7.09. The summed E-state index contributed by atoms with van der Waals surface area (Å²) in [6.45, 7) is 5.98. The van der Waals surface area contributed by atoms with Gasteiger partial charge in [-0.3, -0.25) is 0 Å². The Morgan fingerprint density at radius 1 is 1.62 bits per heavy atom. The van der Waals surface area contributed by atoms with Gasteiger partial charge in [-0.15, -0.1) is 11.3 Å². The average molecular weight is 197 g/mol. The smallest absolute Gasteiger partial charge is 0.110 e. The molecule has 1 aliphatic carbocycles. The highest BCUT2D eigenvalue weighted by Gasteiger charge is 2.54. The maximum atomic E-state index is 10.3. The van der Waals surface area contributed by atoms with Crippen LogP contribution in [0.4, 0.5) is 0 Å². The third-order valence-corrected chi connectivity index (χ3v) is 4.07. The highest BCUT2D eigenvalue weighted by atomic mass is 32.1. The van der Waals surface area contributed by atoms with Gasteiger partial charge in [-0.1, -0.05) is 6.92 Å². The van der Waals surface area contributed by atoms with Gasteiger partial charge in [-0.25, -0.2) is 4.98 Å². The van der Waals surface area contributed by atoms with Crippen molar-refractivity contribution in [2.45, 2.75) is 39.2 Å². The second-order valence-electron chi connectivity index (χ2n) is 4.38. The summed E-state index contributed by atoms with van der Waals surface area (Å²) in [5.74, 6) is 0. The van der Waals surface area contributed by atoms with E-state index in [1.807, 2.05) is 19.2 Å². The predicted molar refractivity (Wildman–Crippen MR) is 53.8 cm³/mol. The fraction of sp³-hybridized carbons (Fsp3) is 0.700. The molecule has 0 amide bonds. The van der Waals surface area contributed by atoms with Gasteiger partial charge in [0.15, 0.2) is 0 Å². The van der Waals surface area contributed by atoms with Crippen molar-refractivity contribution in [1.82, 2.24) is 4.98 Å². The number of hydrogen-bond acceptors (Lipinski definition) is 3. The molecule has 0 aromatic carbocycles. The normalized spacial score (nSPS) is 24.0. The largest absolute Gasteiger partial charge is 0.383 e. The van der Waals surface area contributed by atoms with Crippen molar-refractivity contribution in [2.75, 3.05) is 0 Å². The Balaban J connectivity index is 2.34. The summed E-state index contributed by atoms with van der Waals surface area (Å²) in [6, 6.07) is 0. The van der Waals surface area contributed by atoms with Crippen molar-refractivity contribution in [2.24, 2.45) is 5.41 Å². The third kappa shape index (κ3) is 1.30. The Labute approximate surface area is 82.6 Å². The first-order valence-electron chi connectivity index (χ1n) is 4.61. The molecular formula is C10H15NOS. The number of rotatable bonds is 2. The molecule has 1 N–H and O–H groups in total. The standard InChI is InChI=1S/C10H15NOS/c1-7-11-8(6-13-7)10(3,12)9(2)4-5-9/h6,12H,4-5H2,1-3H3. The lowest BCUT2D eigenvalue weighted by atomic mass is 9.85. The number of hydrogen-bond donors (Lipinski definition) is 1. The van der Waals surface area contributed by atoms with Crippen molar-refractivity contribution in [1.29, 1.82) is 0 Å². The second-order valence-corrected chi connectivity index (χ2v) is 5.45. The summed E-state index contributed by atoms with van der Waals surface area (Å²) >= 11 is 1.60. The van der Waals surface area contributed by atoms with E-state index in [2.05, 4.69) is 11.9 Å². The monoisotopic (exact) mass is 197 g/mol. The fourth-order valence-corrected chi connectivity index (χ4v) is 2.29. The minimum Gasteiger partial charge on any atom is -0.383 e. The van der Waals surface area contributed by atoms with Gasteiger partial charge in [-0.05, 0) is 26.7 Å². The zero-order valence-electron chi connectivity index (χ0n) is 8.29. The van der Waals surface area contributed by atoms with Crippen molar-refractivity contribution in [3.63, 3.8) is 0 Å². The van der Waals surface area contributed by atoms with Crippen LogP contribution < -0.4 is 0 Å². The van der Waals surface area contributed by atoms with Crippen LogP contribution in [0.1, 0.15) is 37.4 Å². The topological polar surface area (TPSA) is 33.1 Å². The maximum absolute atomic E-state index is 10.3. The van der Waals surface area contributed by atoms with Crippen LogP contribution in [0.5, 0.6) is 0 Å². The molecule has 0 aliphatic heterocycles. The molecule has 1 unspecified atom stereocenters. The Bertz CT molecular complexity index is 325. The number of aromatic nitrogens is 1. The van der Waals surface area contributed by atoms with Crippen LogP contribution in [-0.4, -0.2) is 10.1 Å². The van der Waals surface area contributed by atoms with Crippen LogP contribution in [0.15, 0.2) is 5.38 Å². The van der Waals surface area contributed by atoms with E-state index < -0.39 is 5.60 Å². The molecule has 13 heavy (non-hydrogen) atoms. The molecule has 1 fully saturated rings. The van der Waals surface area contributed by atoms with Crippen molar-refractivity contribution in [3.8, 4) is 0 Å². The summed E-state index contributed by atoms with van der Waals surface area (Å²) < 4.78 is 0. The van der Waals surface area contributed by atoms with Crippen LogP contribution >= 0.6 is 11.3 Å². The Hall–Kier alpha value is -0.410. The number of thiazole rings is 1. The van der Waals surface area contributed by atoms with E-state index in [0.717, 1.165) is 23.5 Å².